The van der Waals surface area contributed by atoms with Gasteiger partial charge in [0.25, 0.3) is 0 Å². The molecule has 2 aliphatic heterocycles. The molecule has 1 aromatic rings. The Labute approximate surface area is 164 Å². The average Bonchev–Trinajstić information content (AvgIpc) is 3.11. The van der Waals surface area contributed by atoms with E-state index in [1.807, 2.05) is 13.0 Å². The number of piperazine rings is 1. The lowest BCUT2D eigenvalue weighted by Gasteiger charge is -2.32. The maximum Gasteiger partial charge on any atom is 0.165 e. The Bertz CT molecular complexity index is 538. The maximum atomic E-state index is 6.05. The van der Waals surface area contributed by atoms with Crippen LogP contribution in [-0.2, 0) is 6.54 Å². The molecule has 6 heteroatoms. The number of ether oxygens (including phenoxy) is 2. The van der Waals surface area contributed by atoms with Crippen molar-refractivity contribution in [3.05, 3.63) is 23.8 Å². The fraction of sp³-hybridized carbons (Fsp3) is 0.700. The van der Waals surface area contributed by atoms with Crippen LogP contribution in [0.25, 0.3) is 0 Å². The van der Waals surface area contributed by atoms with Gasteiger partial charge in [-0.1, -0.05) is 19.1 Å². The Morgan fingerprint density at radius 2 is 1.92 bits per heavy atom. The van der Waals surface area contributed by atoms with Gasteiger partial charge < -0.3 is 14.8 Å². The molecule has 1 atom stereocenters. The molecule has 0 aromatic heterocycles. The molecule has 2 aliphatic rings. The Morgan fingerprint density at radius 1 is 1.12 bits per heavy atom. The summed E-state index contributed by atoms with van der Waals surface area (Å²) in [6.07, 6.45) is 2.28. The number of likely N-dealkylation sites (tertiary alicyclic amines) is 1. The lowest BCUT2D eigenvalue weighted by Crippen LogP contribution is -2.49. The summed E-state index contributed by atoms with van der Waals surface area (Å²) in [5.41, 5.74) is 1.25. The summed E-state index contributed by atoms with van der Waals surface area (Å²) in [5.74, 6) is 1.82. The number of hydrogen-bond donors (Lipinski definition) is 1. The van der Waals surface area contributed by atoms with Gasteiger partial charge in [-0.2, -0.15) is 0 Å². The molecule has 3 rings (SSSR count). The topological polar surface area (TPSA) is 37.0 Å². The van der Waals surface area contributed by atoms with Gasteiger partial charge in [0.1, 0.15) is 0 Å². The summed E-state index contributed by atoms with van der Waals surface area (Å²) < 4.78 is 11.8. The van der Waals surface area contributed by atoms with Gasteiger partial charge in [0, 0.05) is 57.4 Å². The molecule has 0 aliphatic carbocycles. The molecule has 148 valence electrons. The first-order valence-corrected chi connectivity index (χ1v) is 9.86. The molecule has 2 saturated heterocycles. The first-order valence-electron chi connectivity index (χ1n) is 9.86. The lowest BCUT2D eigenvalue weighted by molar-refractivity contribution is 0.170. The average molecular weight is 384 g/mol. The zero-order valence-electron chi connectivity index (χ0n) is 16.2. The number of rotatable bonds is 8. The lowest BCUT2D eigenvalue weighted by atomic mass is 10.1. The van der Waals surface area contributed by atoms with Crippen LogP contribution in [0.1, 0.15) is 32.3 Å². The van der Waals surface area contributed by atoms with E-state index >= 15 is 0 Å². The van der Waals surface area contributed by atoms with Gasteiger partial charge in [-0.3, -0.25) is 9.80 Å². The highest BCUT2D eigenvalue weighted by molar-refractivity contribution is 5.85. The van der Waals surface area contributed by atoms with Gasteiger partial charge in [0.15, 0.2) is 11.5 Å². The normalized spacial score (nSPS) is 21.4. The number of nitrogens with zero attached hydrogens (tertiary/aromatic N) is 2. The number of hydrogen-bond acceptors (Lipinski definition) is 5. The molecular formula is C20H34ClN3O2. The summed E-state index contributed by atoms with van der Waals surface area (Å²) in [6.45, 7) is 13.5. The minimum Gasteiger partial charge on any atom is -0.490 e. The molecule has 1 aromatic carbocycles. The zero-order chi connectivity index (χ0) is 17.5. The summed E-state index contributed by atoms with van der Waals surface area (Å²) in [7, 11) is 0. The molecular weight excluding hydrogens is 350 g/mol. The van der Waals surface area contributed by atoms with Crippen molar-refractivity contribution in [1.82, 2.24) is 15.1 Å². The van der Waals surface area contributed by atoms with E-state index in [4.69, 9.17) is 9.47 Å². The minimum atomic E-state index is 0. The first-order chi connectivity index (χ1) is 12.3. The Hall–Kier alpha value is -1.01. The molecule has 2 fully saturated rings. The fourth-order valence-corrected chi connectivity index (χ4v) is 3.86. The molecule has 0 radical (unpaired) electrons. The highest BCUT2D eigenvalue weighted by atomic mass is 35.5. The second-order valence-electron chi connectivity index (χ2n) is 6.99. The van der Waals surface area contributed by atoms with Crippen molar-refractivity contribution < 1.29 is 9.47 Å². The maximum absolute atomic E-state index is 6.05. The Balaban J connectivity index is 0.00000243. The standard InChI is InChI=1S/C20H33N3O2.ClH/c1-3-14-25-20-17(6-5-7-19(20)24-4-2)15-22-11-8-18(16-22)23-12-9-21-10-13-23;/h5-7,18,21H,3-4,8-16H2,1-2H3;1H. The van der Waals surface area contributed by atoms with Crippen molar-refractivity contribution in [2.45, 2.75) is 39.3 Å². The van der Waals surface area contributed by atoms with Crippen LogP contribution in [0.15, 0.2) is 18.2 Å². The van der Waals surface area contributed by atoms with Crippen molar-refractivity contribution in [3.63, 3.8) is 0 Å². The second kappa shape index (κ2) is 11.0. The van der Waals surface area contributed by atoms with Crippen molar-refractivity contribution in [2.75, 3.05) is 52.5 Å². The molecule has 1 N–H and O–H groups in total. The van der Waals surface area contributed by atoms with Gasteiger partial charge in [0.2, 0.25) is 0 Å². The van der Waals surface area contributed by atoms with Crippen LogP contribution < -0.4 is 14.8 Å². The van der Waals surface area contributed by atoms with E-state index in [2.05, 4.69) is 34.2 Å². The summed E-state index contributed by atoms with van der Waals surface area (Å²) >= 11 is 0. The van der Waals surface area contributed by atoms with Crippen LogP contribution >= 0.6 is 12.4 Å². The Morgan fingerprint density at radius 3 is 2.65 bits per heavy atom. The molecule has 0 amide bonds. The van der Waals surface area contributed by atoms with E-state index in [0.717, 1.165) is 50.7 Å². The van der Waals surface area contributed by atoms with Crippen LogP contribution in [-0.4, -0.2) is 68.3 Å². The first kappa shape index (κ1) is 21.3. The van der Waals surface area contributed by atoms with E-state index in [0.29, 0.717) is 12.6 Å². The predicted octanol–water partition coefficient (Wildman–Crippen LogP) is 2.78. The van der Waals surface area contributed by atoms with Crippen LogP contribution in [0.2, 0.25) is 0 Å². The van der Waals surface area contributed by atoms with Crippen molar-refractivity contribution in [3.8, 4) is 11.5 Å². The highest BCUT2D eigenvalue weighted by Gasteiger charge is 2.29. The third-order valence-electron chi connectivity index (χ3n) is 5.12. The largest absolute Gasteiger partial charge is 0.490 e. The zero-order valence-corrected chi connectivity index (χ0v) is 17.0. The molecule has 26 heavy (non-hydrogen) atoms. The van der Waals surface area contributed by atoms with E-state index in [1.165, 1.54) is 31.6 Å². The molecule has 0 spiro atoms. The Kier molecular flexibility index (Phi) is 8.99. The van der Waals surface area contributed by atoms with Gasteiger partial charge in [0.05, 0.1) is 13.2 Å². The third kappa shape index (κ3) is 5.49. The second-order valence-corrected chi connectivity index (χ2v) is 6.99. The molecule has 0 saturated carbocycles. The van der Waals surface area contributed by atoms with Crippen LogP contribution in [0, 0.1) is 0 Å². The summed E-state index contributed by atoms with van der Waals surface area (Å²) in [6, 6.07) is 7.00. The monoisotopic (exact) mass is 383 g/mol. The van der Waals surface area contributed by atoms with Crippen LogP contribution in [0.3, 0.4) is 0 Å². The van der Waals surface area contributed by atoms with Gasteiger partial charge in [-0.25, -0.2) is 0 Å². The summed E-state index contributed by atoms with van der Waals surface area (Å²) in [4.78, 5) is 5.22. The van der Waals surface area contributed by atoms with E-state index < -0.39 is 0 Å². The van der Waals surface area contributed by atoms with Gasteiger partial charge >= 0.3 is 0 Å². The minimum absolute atomic E-state index is 0. The molecule has 2 heterocycles. The predicted molar refractivity (Wildman–Crippen MR) is 109 cm³/mol. The van der Waals surface area contributed by atoms with Crippen molar-refractivity contribution >= 4 is 12.4 Å². The van der Waals surface area contributed by atoms with Crippen LogP contribution in [0.5, 0.6) is 11.5 Å². The van der Waals surface area contributed by atoms with E-state index in [1.54, 1.807) is 0 Å². The van der Waals surface area contributed by atoms with Gasteiger partial charge in [-0.15, -0.1) is 12.4 Å². The molecule has 0 bridgehead atoms. The smallest absolute Gasteiger partial charge is 0.165 e. The van der Waals surface area contributed by atoms with E-state index in [9.17, 15) is 0 Å². The SMILES string of the molecule is CCCOc1c(CN2CCC(N3CCNCC3)C2)cccc1OCC.Cl. The number of para-hydroxylation sites is 1. The highest BCUT2D eigenvalue weighted by Crippen LogP contribution is 2.33. The fourth-order valence-electron chi connectivity index (χ4n) is 3.86. The number of benzene rings is 1. The third-order valence-corrected chi connectivity index (χ3v) is 5.12. The van der Waals surface area contributed by atoms with Crippen molar-refractivity contribution in [2.24, 2.45) is 0 Å². The van der Waals surface area contributed by atoms with Gasteiger partial charge in [-0.05, 0) is 25.8 Å². The van der Waals surface area contributed by atoms with Crippen LogP contribution in [0.4, 0.5) is 0 Å². The molecule has 1 unspecified atom stereocenters. The summed E-state index contributed by atoms with van der Waals surface area (Å²) in [5, 5.41) is 3.45. The molecule has 5 nitrogen and oxygen atoms in total. The quantitative estimate of drug-likeness (QED) is 0.747. The van der Waals surface area contributed by atoms with Crippen molar-refractivity contribution in [1.29, 1.82) is 0 Å². The number of nitrogens with one attached hydrogen (secondary N) is 1. The number of halogens is 1. The van der Waals surface area contributed by atoms with E-state index in [-0.39, 0.29) is 12.4 Å².